The number of halogens is 2. The quantitative estimate of drug-likeness (QED) is 0.572. The number of aryl methyl sites for hydroxylation is 1. The fraction of sp³-hybridized carbons (Fsp3) is 0.278. The molecule has 2 aromatic heterocycles. The van der Waals surface area contributed by atoms with E-state index in [1.54, 1.807) is 29.9 Å². The van der Waals surface area contributed by atoms with Crippen LogP contribution in [0, 0.1) is 6.92 Å². The lowest BCUT2D eigenvalue weighted by molar-refractivity contribution is -0.115. The zero-order chi connectivity index (χ0) is 21.0. The maximum atomic E-state index is 12.3. The van der Waals surface area contributed by atoms with Crippen LogP contribution in [0.4, 0.5) is 5.13 Å². The van der Waals surface area contributed by atoms with Crippen molar-refractivity contribution >= 4 is 51.5 Å². The molecule has 0 aliphatic rings. The number of anilines is 1. The Morgan fingerprint density at radius 1 is 1.24 bits per heavy atom. The van der Waals surface area contributed by atoms with Crippen LogP contribution in [0.15, 0.2) is 24.4 Å². The molecule has 0 bridgehead atoms. The molecule has 0 aliphatic carbocycles. The Kier molecular flexibility index (Phi) is 6.83. The Morgan fingerprint density at radius 3 is 2.76 bits per heavy atom. The van der Waals surface area contributed by atoms with Gasteiger partial charge in [-0.3, -0.25) is 9.59 Å². The summed E-state index contributed by atoms with van der Waals surface area (Å²) in [7, 11) is 0. The monoisotopic (exact) mass is 452 g/mol. The van der Waals surface area contributed by atoms with Crippen molar-refractivity contribution < 1.29 is 9.59 Å². The van der Waals surface area contributed by atoms with Crippen molar-refractivity contribution in [2.45, 2.75) is 26.8 Å². The molecule has 0 saturated carbocycles. The molecule has 0 atom stereocenters. The van der Waals surface area contributed by atoms with E-state index in [-0.39, 0.29) is 18.2 Å². The summed E-state index contributed by atoms with van der Waals surface area (Å²) in [5.41, 5.74) is 2.00. The molecule has 29 heavy (non-hydrogen) atoms. The molecular weight excluding hydrogens is 435 g/mol. The molecule has 0 spiro atoms. The van der Waals surface area contributed by atoms with Crippen molar-refractivity contribution in [1.29, 1.82) is 0 Å². The number of carbonyl (C=O) groups excluding carboxylic acids is 2. The van der Waals surface area contributed by atoms with Crippen LogP contribution in [0.2, 0.25) is 10.0 Å². The lowest BCUT2D eigenvalue weighted by atomic mass is 10.2. The summed E-state index contributed by atoms with van der Waals surface area (Å²) in [6.45, 7) is 4.54. The molecule has 0 aliphatic heterocycles. The van der Waals surface area contributed by atoms with Crippen LogP contribution in [-0.4, -0.2) is 38.3 Å². The summed E-state index contributed by atoms with van der Waals surface area (Å²) in [5, 5.41) is 14.8. The summed E-state index contributed by atoms with van der Waals surface area (Å²) in [6, 6.07) is 5.32. The maximum Gasteiger partial charge on any atom is 0.263 e. The standard InChI is InChI=1S/C18H18Cl2N6O2S/c1-3-21-17(28)16-10(2)22-18(29-16)23-15(27)7-12-9-26(25-24-12)8-11-4-5-13(19)14(20)6-11/h4-6,9H,3,7-8H2,1-2H3,(H,21,28)(H,22,23,27). The van der Waals surface area contributed by atoms with Crippen LogP contribution in [0.3, 0.4) is 0 Å². The minimum atomic E-state index is -0.289. The predicted molar refractivity (Wildman–Crippen MR) is 113 cm³/mol. The highest BCUT2D eigenvalue weighted by molar-refractivity contribution is 7.17. The summed E-state index contributed by atoms with van der Waals surface area (Å²) >= 11 is 13.1. The number of carbonyl (C=O) groups is 2. The van der Waals surface area contributed by atoms with E-state index < -0.39 is 0 Å². The molecule has 3 aromatic rings. The molecule has 0 saturated heterocycles. The van der Waals surface area contributed by atoms with Crippen molar-refractivity contribution in [3.63, 3.8) is 0 Å². The van der Waals surface area contributed by atoms with E-state index in [2.05, 4.69) is 25.9 Å². The maximum absolute atomic E-state index is 12.3. The SMILES string of the molecule is CCNC(=O)c1sc(NC(=O)Cc2cn(Cc3ccc(Cl)c(Cl)c3)nn2)nc1C. The van der Waals surface area contributed by atoms with Crippen LogP contribution in [-0.2, 0) is 17.8 Å². The van der Waals surface area contributed by atoms with Gasteiger partial charge in [-0.25, -0.2) is 9.67 Å². The van der Waals surface area contributed by atoms with Crippen molar-refractivity contribution in [2.24, 2.45) is 0 Å². The average molecular weight is 453 g/mol. The van der Waals surface area contributed by atoms with Gasteiger partial charge >= 0.3 is 0 Å². The van der Waals surface area contributed by atoms with Gasteiger partial charge in [0.15, 0.2) is 5.13 Å². The number of aromatic nitrogens is 4. The van der Waals surface area contributed by atoms with Gasteiger partial charge in [-0.2, -0.15) is 0 Å². The smallest absolute Gasteiger partial charge is 0.263 e. The third kappa shape index (κ3) is 5.53. The van der Waals surface area contributed by atoms with Crippen molar-refractivity contribution in [3.05, 3.63) is 56.3 Å². The fourth-order valence-electron chi connectivity index (χ4n) is 2.55. The summed E-state index contributed by atoms with van der Waals surface area (Å²) < 4.78 is 1.61. The van der Waals surface area contributed by atoms with Crippen molar-refractivity contribution in [2.75, 3.05) is 11.9 Å². The topological polar surface area (TPSA) is 102 Å². The molecule has 2 N–H and O–H groups in total. The van der Waals surface area contributed by atoms with Crippen LogP contribution >= 0.6 is 34.5 Å². The minimum absolute atomic E-state index is 0.0382. The summed E-state index contributed by atoms with van der Waals surface area (Å²) in [6.07, 6.45) is 1.73. The van der Waals surface area contributed by atoms with Crippen LogP contribution < -0.4 is 10.6 Å². The van der Waals surface area contributed by atoms with Gasteiger partial charge in [-0.15, -0.1) is 5.10 Å². The van der Waals surface area contributed by atoms with Crippen molar-refractivity contribution in [1.82, 2.24) is 25.3 Å². The van der Waals surface area contributed by atoms with E-state index in [9.17, 15) is 9.59 Å². The van der Waals surface area contributed by atoms with E-state index >= 15 is 0 Å². The van der Waals surface area contributed by atoms with E-state index in [1.807, 2.05) is 13.0 Å². The Labute approximate surface area is 181 Å². The number of hydrogen-bond donors (Lipinski definition) is 2. The third-order valence-electron chi connectivity index (χ3n) is 3.84. The van der Waals surface area contributed by atoms with Gasteiger partial charge in [-0.05, 0) is 31.5 Å². The normalized spacial score (nSPS) is 10.8. The first-order chi connectivity index (χ1) is 13.9. The predicted octanol–water partition coefficient (Wildman–Crippen LogP) is 3.33. The lowest BCUT2D eigenvalue weighted by Crippen LogP contribution is -2.22. The molecule has 8 nitrogen and oxygen atoms in total. The number of hydrogen-bond acceptors (Lipinski definition) is 6. The van der Waals surface area contributed by atoms with E-state index in [0.717, 1.165) is 16.9 Å². The van der Waals surface area contributed by atoms with Gasteiger partial charge in [0.05, 0.1) is 34.4 Å². The molecule has 0 radical (unpaired) electrons. The summed E-state index contributed by atoms with van der Waals surface area (Å²) in [5.74, 6) is -0.490. The first-order valence-electron chi connectivity index (χ1n) is 8.74. The number of nitrogens with one attached hydrogen (secondary N) is 2. The van der Waals surface area contributed by atoms with E-state index in [4.69, 9.17) is 23.2 Å². The van der Waals surface area contributed by atoms with Crippen LogP contribution in [0.1, 0.15) is 33.5 Å². The largest absolute Gasteiger partial charge is 0.352 e. The van der Waals surface area contributed by atoms with Crippen LogP contribution in [0.25, 0.3) is 0 Å². The Hall–Kier alpha value is -2.49. The fourth-order valence-corrected chi connectivity index (χ4v) is 3.77. The highest BCUT2D eigenvalue weighted by atomic mass is 35.5. The molecule has 2 amide bonds. The molecule has 0 fully saturated rings. The van der Waals surface area contributed by atoms with Gasteiger partial charge in [0.2, 0.25) is 5.91 Å². The lowest BCUT2D eigenvalue weighted by Gasteiger charge is -2.02. The van der Waals surface area contributed by atoms with Crippen LogP contribution in [0.5, 0.6) is 0 Å². The number of benzene rings is 1. The van der Waals surface area contributed by atoms with Gasteiger partial charge in [0, 0.05) is 12.7 Å². The number of rotatable bonds is 7. The molecule has 2 heterocycles. The molecule has 152 valence electrons. The molecule has 0 unspecified atom stereocenters. The molecular formula is C18H18Cl2N6O2S. The molecule has 1 aromatic carbocycles. The first kappa shape index (κ1) is 21.2. The number of thiazole rings is 1. The third-order valence-corrected chi connectivity index (χ3v) is 5.65. The van der Waals surface area contributed by atoms with E-state index in [0.29, 0.717) is 44.5 Å². The Bertz CT molecular complexity index is 1050. The number of amides is 2. The molecule has 11 heteroatoms. The minimum Gasteiger partial charge on any atom is -0.352 e. The van der Waals surface area contributed by atoms with E-state index in [1.165, 1.54) is 0 Å². The second-order valence-electron chi connectivity index (χ2n) is 6.17. The second kappa shape index (κ2) is 9.34. The zero-order valence-corrected chi connectivity index (χ0v) is 18.0. The average Bonchev–Trinajstić information content (AvgIpc) is 3.24. The van der Waals surface area contributed by atoms with Crippen molar-refractivity contribution in [3.8, 4) is 0 Å². The molecule has 3 rings (SSSR count). The van der Waals surface area contributed by atoms with Gasteiger partial charge < -0.3 is 10.6 Å². The number of nitrogens with zero attached hydrogens (tertiary/aromatic N) is 4. The zero-order valence-electron chi connectivity index (χ0n) is 15.7. The van der Waals surface area contributed by atoms with Gasteiger partial charge in [0.25, 0.3) is 5.91 Å². The second-order valence-corrected chi connectivity index (χ2v) is 7.99. The Morgan fingerprint density at radius 2 is 2.03 bits per heavy atom. The van der Waals surface area contributed by atoms with Gasteiger partial charge in [0.1, 0.15) is 4.88 Å². The Balaban J connectivity index is 1.59. The highest BCUT2D eigenvalue weighted by Crippen LogP contribution is 2.23. The highest BCUT2D eigenvalue weighted by Gasteiger charge is 2.16. The first-order valence-corrected chi connectivity index (χ1v) is 10.3. The van der Waals surface area contributed by atoms with Gasteiger partial charge in [-0.1, -0.05) is 45.8 Å². The summed E-state index contributed by atoms with van der Waals surface area (Å²) in [4.78, 5) is 29.0.